The van der Waals surface area contributed by atoms with Gasteiger partial charge in [-0.1, -0.05) is 0 Å². The van der Waals surface area contributed by atoms with Gasteiger partial charge in [0, 0.05) is 24.1 Å². The van der Waals surface area contributed by atoms with E-state index < -0.39 is 41.3 Å². The minimum Gasteiger partial charge on any atom is -0.465 e. The van der Waals surface area contributed by atoms with E-state index in [2.05, 4.69) is 4.74 Å². The quantitative estimate of drug-likeness (QED) is 0.778. The zero-order chi connectivity index (χ0) is 13.7. The van der Waals surface area contributed by atoms with Gasteiger partial charge in [-0.05, 0) is 6.92 Å². The fourth-order valence-corrected chi connectivity index (χ4v) is 1.40. The predicted octanol–water partition coefficient (Wildman–Crippen LogP) is 2.35. The molecular weight excluding hydrogens is 247 g/mol. The summed E-state index contributed by atoms with van der Waals surface area (Å²) in [5.74, 6) is -5.49. The summed E-state index contributed by atoms with van der Waals surface area (Å²) < 4.78 is 43.9. The molecule has 0 saturated heterocycles. The van der Waals surface area contributed by atoms with Crippen molar-refractivity contribution >= 4 is 5.97 Å². The molecule has 0 radical (unpaired) electrons. The summed E-state index contributed by atoms with van der Waals surface area (Å²) in [4.78, 5) is 11.3. The molecule has 1 rings (SSSR count). The molecule has 0 amide bonds. The number of ether oxygens (including phenoxy) is 1. The topological polar surface area (TPSA) is 50.1 Å². The van der Waals surface area contributed by atoms with Gasteiger partial charge < -0.3 is 4.74 Å². The Hall–Kier alpha value is -2.03. The number of nitriles is 1. The molecule has 0 aliphatic rings. The van der Waals surface area contributed by atoms with Gasteiger partial charge in [0.2, 0.25) is 0 Å². The number of carbonyl (C=O) groups excluding carboxylic acids is 1. The van der Waals surface area contributed by atoms with E-state index in [1.54, 1.807) is 13.0 Å². The molecule has 0 heterocycles. The standard InChI is InChI=1S/C12H10F3NO2/c1-2-18-12(17)7(6-16)3-9-10(14)4-8(13)5-11(9)15/h4-5,7H,2-3H2,1H3. The Morgan fingerprint density at radius 2 is 1.94 bits per heavy atom. The van der Waals surface area contributed by atoms with Gasteiger partial charge in [0.15, 0.2) is 0 Å². The molecule has 18 heavy (non-hydrogen) atoms. The number of hydrogen-bond donors (Lipinski definition) is 0. The average molecular weight is 257 g/mol. The van der Waals surface area contributed by atoms with Gasteiger partial charge in [-0.25, -0.2) is 13.2 Å². The highest BCUT2D eigenvalue weighted by Gasteiger charge is 2.23. The number of hydrogen-bond acceptors (Lipinski definition) is 3. The van der Waals surface area contributed by atoms with Crippen molar-refractivity contribution in [3.63, 3.8) is 0 Å². The highest BCUT2D eigenvalue weighted by Crippen LogP contribution is 2.19. The van der Waals surface area contributed by atoms with Crippen molar-refractivity contribution in [2.75, 3.05) is 6.61 Å². The zero-order valence-electron chi connectivity index (χ0n) is 9.54. The highest BCUT2D eigenvalue weighted by atomic mass is 19.1. The third-order valence-electron chi connectivity index (χ3n) is 2.24. The van der Waals surface area contributed by atoms with Crippen LogP contribution in [0.1, 0.15) is 12.5 Å². The fourth-order valence-electron chi connectivity index (χ4n) is 1.40. The van der Waals surface area contributed by atoms with E-state index in [0.29, 0.717) is 12.1 Å². The summed E-state index contributed by atoms with van der Waals surface area (Å²) in [7, 11) is 0. The van der Waals surface area contributed by atoms with E-state index >= 15 is 0 Å². The third-order valence-corrected chi connectivity index (χ3v) is 2.24. The van der Waals surface area contributed by atoms with E-state index in [0.717, 1.165) is 0 Å². The molecule has 96 valence electrons. The first-order valence-electron chi connectivity index (χ1n) is 5.19. The monoisotopic (exact) mass is 257 g/mol. The lowest BCUT2D eigenvalue weighted by molar-refractivity contribution is -0.145. The van der Waals surface area contributed by atoms with Crippen molar-refractivity contribution in [1.82, 2.24) is 0 Å². The van der Waals surface area contributed by atoms with Crippen LogP contribution in [0.3, 0.4) is 0 Å². The molecule has 6 heteroatoms. The van der Waals surface area contributed by atoms with Gasteiger partial charge in [-0.2, -0.15) is 5.26 Å². The molecule has 0 spiro atoms. The van der Waals surface area contributed by atoms with E-state index in [9.17, 15) is 18.0 Å². The normalized spacial score (nSPS) is 11.7. The third kappa shape index (κ3) is 3.23. The van der Waals surface area contributed by atoms with E-state index in [1.807, 2.05) is 0 Å². The second kappa shape index (κ2) is 6.05. The molecule has 0 aromatic heterocycles. The van der Waals surface area contributed by atoms with Crippen LogP contribution in [-0.2, 0) is 16.0 Å². The van der Waals surface area contributed by atoms with Gasteiger partial charge in [0.25, 0.3) is 0 Å². The molecule has 1 aromatic carbocycles. The van der Waals surface area contributed by atoms with E-state index in [1.165, 1.54) is 0 Å². The molecular formula is C12H10F3NO2. The maximum Gasteiger partial charge on any atom is 0.323 e. The second-order valence-electron chi connectivity index (χ2n) is 3.49. The Bertz CT molecular complexity index is 474. The summed E-state index contributed by atoms with van der Waals surface area (Å²) in [6.45, 7) is 1.61. The lowest BCUT2D eigenvalue weighted by Gasteiger charge is -2.10. The van der Waals surface area contributed by atoms with Crippen molar-refractivity contribution in [2.45, 2.75) is 13.3 Å². The van der Waals surface area contributed by atoms with Crippen molar-refractivity contribution in [3.05, 3.63) is 35.1 Å². The van der Waals surface area contributed by atoms with Crippen LogP contribution < -0.4 is 0 Å². The smallest absolute Gasteiger partial charge is 0.323 e. The number of rotatable bonds is 4. The molecule has 0 N–H and O–H groups in total. The first kappa shape index (κ1) is 14.0. The Morgan fingerprint density at radius 1 is 1.39 bits per heavy atom. The molecule has 3 nitrogen and oxygen atoms in total. The second-order valence-corrected chi connectivity index (χ2v) is 3.49. The maximum atomic E-state index is 13.3. The molecule has 1 atom stereocenters. The van der Waals surface area contributed by atoms with Crippen LogP contribution in [0.25, 0.3) is 0 Å². The van der Waals surface area contributed by atoms with Crippen LogP contribution >= 0.6 is 0 Å². The Kier molecular flexibility index (Phi) is 4.72. The van der Waals surface area contributed by atoms with Gasteiger partial charge in [-0.15, -0.1) is 0 Å². The van der Waals surface area contributed by atoms with Crippen molar-refractivity contribution < 1.29 is 22.7 Å². The molecule has 0 bridgehead atoms. The average Bonchev–Trinajstić information content (AvgIpc) is 2.28. The molecule has 0 fully saturated rings. The Labute approximate surface area is 102 Å². The van der Waals surface area contributed by atoms with Crippen LogP contribution in [0.15, 0.2) is 12.1 Å². The lowest BCUT2D eigenvalue weighted by atomic mass is 10.00. The summed E-state index contributed by atoms with van der Waals surface area (Å²) in [5, 5.41) is 8.75. The van der Waals surface area contributed by atoms with Crippen molar-refractivity contribution in [1.29, 1.82) is 5.26 Å². The number of benzene rings is 1. The van der Waals surface area contributed by atoms with Crippen LogP contribution in [0.5, 0.6) is 0 Å². The maximum absolute atomic E-state index is 13.3. The lowest BCUT2D eigenvalue weighted by Crippen LogP contribution is -2.19. The van der Waals surface area contributed by atoms with Crippen LogP contribution in [-0.4, -0.2) is 12.6 Å². The SMILES string of the molecule is CCOC(=O)C(C#N)Cc1c(F)cc(F)cc1F. The first-order chi connectivity index (χ1) is 8.49. The number of nitrogens with zero attached hydrogens (tertiary/aromatic N) is 1. The highest BCUT2D eigenvalue weighted by molar-refractivity contribution is 5.75. The molecule has 1 unspecified atom stereocenters. The van der Waals surface area contributed by atoms with Crippen LogP contribution in [0, 0.1) is 34.7 Å². The van der Waals surface area contributed by atoms with Crippen molar-refractivity contribution in [3.8, 4) is 6.07 Å². The summed E-state index contributed by atoms with van der Waals surface area (Å²) in [6, 6.07) is 2.60. The van der Waals surface area contributed by atoms with Crippen LogP contribution in [0.4, 0.5) is 13.2 Å². The Balaban J connectivity index is 2.96. The fraction of sp³-hybridized carbons (Fsp3) is 0.333. The van der Waals surface area contributed by atoms with Gasteiger partial charge in [0.1, 0.15) is 23.4 Å². The molecule has 0 saturated carbocycles. The minimum atomic E-state index is -1.32. The van der Waals surface area contributed by atoms with E-state index in [-0.39, 0.29) is 6.61 Å². The van der Waals surface area contributed by atoms with Gasteiger partial charge >= 0.3 is 5.97 Å². The largest absolute Gasteiger partial charge is 0.465 e. The van der Waals surface area contributed by atoms with Gasteiger partial charge in [0.05, 0.1) is 12.7 Å². The number of esters is 1. The zero-order valence-corrected chi connectivity index (χ0v) is 9.54. The predicted molar refractivity (Wildman–Crippen MR) is 55.8 cm³/mol. The van der Waals surface area contributed by atoms with Crippen LogP contribution in [0.2, 0.25) is 0 Å². The first-order valence-corrected chi connectivity index (χ1v) is 5.19. The molecule has 0 aliphatic carbocycles. The summed E-state index contributed by atoms with van der Waals surface area (Å²) in [6.07, 6.45) is -0.493. The van der Waals surface area contributed by atoms with Crippen molar-refractivity contribution in [2.24, 2.45) is 5.92 Å². The molecule has 0 aliphatic heterocycles. The minimum absolute atomic E-state index is 0.0609. The van der Waals surface area contributed by atoms with Gasteiger partial charge in [-0.3, -0.25) is 4.79 Å². The Morgan fingerprint density at radius 3 is 2.39 bits per heavy atom. The number of carbonyl (C=O) groups is 1. The van der Waals surface area contributed by atoms with E-state index in [4.69, 9.17) is 5.26 Å². The molecule has 1 aromatic rings. The summed E-state index contributed by atoms with van der Waals surface area (Å²) >= 11 is 0. The summed E-state index contributed by atoms with van der Waals surface area (Å²) in [5.41, 5.74) is -0.504. The number of halogens is 3.